The molecule has 2 aromatic rings. The van der Waals surface area contributed by atoms with E-state index in [4.69, 9.17) is 0 Å². The fourth-order valence-corrected chi connectivity index (χ4v) is 1.43. The second kappa shape index (κ2) is 9.47. The first-order valence-corrected chi connectivity index (χ1v) is 4.02. The summed E-state index contributed by atoms with van der Waals surface area (Å²) < 4.78 is 0. The predicted octanol–water partition coefficient (Wildman–Crippen LogP) is -5.17. The third-order valence-electron chi connectivity index (χ3n) is 2.04. The Hall–Kier alpha value is 1.44. The largest absolute Gasteiger partial charge is 1.00 e. The van der Waals surface area contributed by atoms with Crippen molar-refractivity contribution in [3.05, 3.63) is 54.6 Å². The molecule has 0 atom stereocenters. The number of hydrogen-bond donors (Lipinski definition) is 0. The number of fused-ring (bicyclic) bond motifs is 1. The Morgan fingerprint density at radius 2 is 1.47 bits per heavy atom. The van der Waals surface area contributed by atoms with E-state index in [0.29, 0.717) is 0 Å². The number of benzene rings is 2. The van der Waals surface area contributed by atoms with Gasteiger partial charge in [0, 0.05) is 0 Å². The summed E-state index contributed by atoms with van der Waals surface area (Å²) in [5, 5.41) is 2.55. The van der Waals surface area contributed by atoms with Gasteiger partial charge in [-0.3, -0.25) is 0 Å². The summed E-state index contributed by atoms with van der Waals surface area (Å²) in [4.78, 5) is 0. The normalized spacial score (nSPS) is 8.00. The van der Waals surface area contributed by atoms with Crippen LogP contribution in [0.1, 0.15) is 9.84 Å². The van der Waals surface area contributed by atoms with Gasteiger partial charge in [0.05, 0.1) is 0 Å². The van der Waals surface area contributed by atoms with Crippen LogP contribution in [0.5, 0.6) is 0 Å². The summed E-state index contributed by atoms with van der Waals surface area (Å²) in [6, 6.07) is 14.6. The molecule has 0 unspecified atom stereocenters. The minimum Gasteiger partial charge on any atom is -1.00 e. The summed E-state index contributed by atoms with van der Waals surface area (Å²) in [6.45, 7) is 3.78. The molecule has 0 N–H and O–H groups in total. The van der Waals surface area contributed by atoms with Crippen LogP contribution in [0.15, 0.2) is 49.0 Å². The van der Waals surface area contributed by atoms with Crippen LogP contribution >= 0.6 is 0 Å². The van der Waals surface area contributed by atoms with Crippen molar-refractivity contribution >= 4 is 16.8 Å². The molecule has 0 fully saturated rings. The second-order valence-electron chi connectivity index (χ2n) is 2.77. The molecule has 2 aromatic carbocycles. The Morgan fingerprint density at radius 3 is 2.13 bits per heavy atom. The average molecular weight is 226 g/mol. The van der Waals surface area contributed by atoms with Gasteiger partial charge < -0.3 is 4.28 Å². The molecule has 0 spiro atoms. The Morgan fingerprint density at radius 1 is 0.867 bits per heavy atom. The molecule has 0 amide bonds. The molecule has 15 heavy (non-hydrogen) atoms. The first-order valence-electron chi connectivity index (χ1n) is 4.02. The number of hydrogen-bond acceptors (Lipinski definition) is 0. The third-order valence-corrected chi connectivity index (χ3v) is 2.04. The fraction of sp³-hybridized carbons (Fsp3) is 0. The van der Waals surface area contributed by atoms with Crippen molar-refractivity contribution in [3.8, 4) is 0 Å². The minimum atomic E-state index is 0. The summed E-state index contributed by atoms with van der Waals surface area (Å²) in [5.41, 5.74) is 1.20. The van der Waals surface area contributed by atoms with Crippen molar-refractivity contribution in [3.63, 3.8) is 0 Å². The maximum absolute atomic E-state index is 3.78. The molecule has 0 heterocycles. The van der Waals surface area contributed by atoms with E-state index in [9.17, 15) is 0 Å². The first kappa shape index (κ1) is 18.8. The molecule has 0 radical (unpaired) electrons. The van der Waals surface area contributed by atoms with E-state index in [1.165, 1.54) is 16.3 Å². The molecule has 0 aliphatic carbocycles. The Bertz CT molecular complexity index is 430. The first-order chi connectivity index (χ1) is 5.92. The Kier molecular flexibility index (Phi) is 11.9. The quantitative estimate of drug-likeness (QED) is 0.427. The fourth-order valence-electron chi connectivity index (χ4n) is 1.43. The maximum atomic E-state index is 3.78. The van der Waals surface area contributed by atoms with Crippen LogP contribution in [0.25, 0.3) is 16.8 Å². The van der Waals surface area contributed by atoms with Crippen molar-refractivity contribution in [2.75, 3.05) is 0 Å². The van der Waals surface area contributed by atoms with Gasteiger partial charge in [0.1, 0.15) is 0 Å². The van der Waals surface area contributed by atoms with Crippen molar-refractivity contribution in [2.24, 2.45) is 0 Å². The van der Waals surface area contributed by atoms with Crippen LogP contribution in [0.4, 0.5) is 0 Å². The van der Waals surface area contributed by atoms with Gasteiger partial charge in [0.25, 0.3) is 0 Å². The smallest absolute Gasteiger partial charge is 1.00 e. The van der Waals surface area contributed by atoms with Gasteiger partial charge in [-0.15, -0.1) is 0 Å². The van der Waals surface area contributed by atoms with Crippen molar-refractivity contribution in [1.29, 1.82) is 0 Å². The Labute approximate surface area is 162 Å². The second-order valence-corrected chi connectivity index (χ2v) is 2.77. The Balaban J connectivity index is -0.0000000939. The van der Waals surface area contributed by atoms with Gasteiger partial charge in [-0.1, -0.05) is 55.1 Å². The molecular formula is C12H13Na3. The molecule has 2 rings (SSSR count). The molecule has 0 aliphatic rings. The van der Waals surface area contributed by atoms with E-state index in [-0.39, 0.29) is 93.0 Å². The number of rotatable bonds is 1. The summed E-state index contributed by atoms with van der Waals surface area (Å²) in [6.07, 6.45) is 1.89. The van der Waals surface area contributed by atoms with Gasteiger partial charge >= 0.3 is 88.7 Å². The SMILES string of the molecule is C=Cc1cccc2ccccc12.[H-].[H-].[H-].[Na+].[Na+].[Na+]. The topological polar surface area (TPSA) is 0 Å². The minimum absolute atomic E-state index is 0. The van der Waals surface area contributed by atoms with E-state index >= 15 is 0 Å². The van der Waals surface area contributed by atoms with E-state index in [2.05, 4.69) is 49.0 Å². The van der Waals surface area contributed by atoms with E-state index in [0.717, 1.165) is 0 Å². The zero-order valence-corrected chi connectivity index (χ0v) is 15.8. The van der Waals surface area contributed by atoms with E-state index < -0.39 is 0 Å². The van der Waals surface area contributed by atoms with Gasteiger partial charge in [0.15, 0.2) is 0 Å². The molecule has 0 aliphatic heterocycles. The molecule has 0 saturated carbocycles. The molecule has 0 saturated heterocycles. The van der Waals surface area contributed by atoms with Gasteiger partial charge in [0.2, 0.25) is 0 Å². The zero-order chi connectivity index (χ0) is 8.39. The molecular weight excluding hydrogens is 213 g/mol. The van der Waals surface area contributed by atoms with Crippen molar-refractivity contribution in [2.45, 2.75) is 0 Å². The summed E-state index contributed by atoms with van der Waals surface area (Å²) in [7, 11) is 0. The summed E-state index contributed by atoms with van der Waals surface area (Å²) in [5.74, 6) is 0. The van der Waals surface area contributed by atoms with E-state index in [1.54, 1.807) is 0 Å². The summed E-state index contributed by atoms with van der Waals surface area (Å²) >= 11 is 0. The zero-order valence-electron chi connectivity index (χ0n) is 12.8. The molecule has 3 heteroatoms. The molecule has 0 aromatic heterocycles. The monoisotopic (exact) mass is 226 g/mol. The predicted molar refractivity (Wildman–Crippen MR) is 57.4 cm³/mol. The van der Waals surface area contributed by atoms with Crippen molar-refractivity contribution < 1.29 is 93.0 Å². The maximum Gasteiger partial charge on any atom is 1.00 e. The van der Waals surface area contributed by atoms with Gasteiger partial charge in [-0.25, -0.2) is 0 Å². The van der Waals surface area contributed by atoms with Crippen LogP contribution in [0, 0.1) is 0 Å². The van der Waals surface area contributed by atoms with Crippen LogP contribution in [0.2, 0.25) is 0 Å². The van der Waals surface area contributed by atoms with E-state index in [1.807, 2.05) is 6.08 Å². The van der Waals surface area contributed by atoms with Crippen LogP contribution < -0.4 is 88.7 Å². The van der Waals surface area contributed by atoms with Crippen LogP contribution in [-0.4, -0.2) is 0 Å². The van der Waals surface area contributed by atoms with Crippen LogP contribution in [0.3, 0.4) is 0 Å². The van der Waals surface area contributed by atoms with Crippen molar-refractivity contribution in [1.82, 2.24) is 0 Å². The molecule has 0 bridgehead atoms. The van der Waals surface area contributed by atoms with Gasteiger partial charge in [-0.05, 0) is 16.3 Å². The van der Waals surface area contributed by atoms with Gasteiger partial charge in [-0.2, -0.15) is 0 Å². The molecule has 0 nitrogen and oxygen atoms in total. The van der Waals surface area contributed by atoms with Crippen LogP contribution in [-0.2, 0) is 0 Å². The third kappa shape index (κ3) is 4.67. The molecule has 64 valence electrons. The average Bonchev–Trinajstić information content (AvgIpc) is 2.17. The standard InChI is InChI=1S/C12H10.3Na.3H/c1-2-10-7-5-8-11-6-3-4-9-12(10)11;;;;;;/h2-9H,1H2;;;;;;/q;3*+1;3*-1.